The van der Waals surface area contributed by atoms with Gasteiger partial charge in [0.15, 0.2) is 0 Å². The van der Waals surface area contributed by atoms with Gasteiger partial charge in [-0.2, -0.15) is 4.98 Å². The molecule has 5 rings (SSSR count). The summed E-state index contributed by atoms with van der Waals surface area (Å²) in [5, 5.41) is 11.0. The summed E-state index contributed by atoms with van der Waals surface area (Å²) in [7, 11) is 0. The van der Waals surface area contributed by atoms with Gasteiger partial charge in [-0.15, -0.1) is 16.4 Å². The zero-order valence-corrected chi connectivity index (χ0v) is 18.9. The molecule has 0 aliphatic carbocycles. The second-order valence-electron chi connectivity index (χ2n) is 7.05. The maximum absolute atomic E-state index is 6.38. The monoisotopic (exact) mass is 466 g/mol. The van der Waals surface area contributed by atoms with Crippen LogP contribution >= 0.6 is 34.5 Å². The van der Waals surface area contributed by atoms with Crippen molar-refractivity contribution in [3.8, 4) is 22.5 Å². The molecular weight excluding hydrogens is 451 g/mol. The highest BCUT2D eigenvalue weighted by Gasteiger charge is 2.15. The molecular formula is C22H16Cl2N6S. The lowest BCUT2D eigenvalue weighted by Crippen LogP contribution is -2.00. The second-order valence-corrected chi connectivity index (χ2v) is 8.73. The molecule has 2 aromatic carbocycles. The smallest absolute Gasteiger partial charge is 0.249 e. The Balaban J connectivity index is 1.49. The lowest BCUT2D eigenvalue weighted by Gasteiger charge is -2.07. The van der Waals surface area contributed by atoms with E-state index >= 15 is 0 Å². The number of benzene rings is 2. The van der Waals surface area contributed by atoms with Crippen LogP contribution in [0.1, 0.15) is 11.4 Å². The molecule has 0 bridgehead atoms. The fourth-order valence-corrected chi connectivity index (χ4v) is 4.44. The highest BCUT2D eigenvalue weighted by molar-refractivity contribution is 7.15. The van der Waals surface area contributed by atoms with Crippen molar-refractivity contribution in [3.63, 3.8) is 0 Å². The Morgan fingerprint density at radius 1 is 0.935 bits per heavy atom. The predicted molar refractivity (Wildman–Crippen MR) is 127 cm³/mol. The van der Waals surface area contributed by atoms with Gasteiger partial charge in [0.25, 0.3) is 0 Å². The number of hydrogen-bond acceptors (Lipinski definition) is 6. The van der Waals surface area contributed by atoms with Crippen LogP contribution in [-0.4, -0.2) is 24.6 Å². The van der Waals surface area contributed by atoms with Crippen LogP contribution in [0.3, 0.4) is 0 Å². The maximum atomic E-state index is 6.38. The van der Waals surface area contributed by atoms with Crippen molar-refractivity contribution in [2.45, 2.75) is 13.8 Å². The Kier molecular flexibility index (Phi) is 5.09. The highest BCUT2D eigenvalue weighted by atomic mass is 35.5. The Hall–Kier alpha value is -3.00. The molecule has 0 saturated carbocycles. The number of hydrogen-bond donors (Lipinski definition) is 1. The fourth-order valence-electron chi connectivity index (χ4n) is 3.23. The van der Waals surface area contributed by atoms with Gasteiger partial charge in [0, 0.05) is 27.6 Å². The van der Waals surface area contributed by atoms with E-state index in [2.05, 4.69) is 44.4 Å². The van der Waals surface area contributed by atoms with Gasteiger partial charge in [0.05, 0.1) is 16.4 Å². The first kappa shape index (κ1) is 19.9. The third-order valence-corrected chi connectivity index (χ3v) is 6.09. The number of aryl methyl sites for hydroxylation is 2. The molecule has 0 spiro atoms. The first-order valence-electron chi connectivity index (χ1n) is 9.46. The van der Waals surface area contributed by atoms with Crippen molar-refractivity contribution in [2.24, 2.45) is 0 Å². The van der Waals surface area contributed by atoms with Crippen LogP contribution in [0.15, 0.2) is 53.9 Å². The maximum Gasteiger partial charge on any atom is 0.249 e. The predicted octanol–water partition coefficient (Wildman–Crippen LogP) is 6.58. The normalized spacial score (nSPS) is 11.2. The molecule has 5 aromatic rings. The largest absolute Gasteiger partial charge is 0.307 e. The van der Waals surface area contributed by atoms with Crippen molar-refractivity contribution in [3.05, 3.63) is 75.3 Å². The van der Waals surface area contributed by atoms with Crippen LogP contribution in [0.4, 0.5) is 11.8 Å². The SMILES string of the molecule is Cc1ccc(-c2cc(Nc3nc4scc(-c5cc(Cl)ccc5Cl)n4n3)nc(C)n2)cc1. The van der Waals surface area contributed by atoms with E-state index in [9.17, 15) is 0 Å². The van der Waals surface area contributed by atoms with Crippen LogP contribution < -0.4 is 5.32 Å². The number of rotatable bonds is 4. The molecule has 0 aliphatic heterocycles. The van der Waals surface area contributed by atoms with Crippen molar-refractivity contribution >= 4 is 51.3 Å². The van der Waals surface area contributed by atoms with E-state index in [1.54, 1.807) is 16.6 Å². The van der Waals surface area contributed by atoms with Gasteiger partial charge in [-0.05, 0) is 32.0 Å². The molecule has 1 N–H and O–H groups in total. The summed E-state index contributed by atoms with van der Waals surface area (Å²) >= 11 is 14.0. The minimum Gasteiger partial charge on any atom is -0.307 e. The Morgan fingerprint density at radius 3 is 2.55 bits per heavy atom. The molecule has 0 saturated heterocycles. The van der Waals surface area contributed by atoms with Crippen LogP contribution in [0.5, 0.6) is 0 Å². The molecule has 3 aromatic heterocycles. The number of aromatic nitrogens is 5. The molecule has 0 radical (unpaired) electrons. The molecule has 0 unspecified atom stereocenters. The first-order valence-corrected chi connectivity index (χ1v) is 11.1. The molecule has 6 nitrogen and oxygen atoms in total. The summed E-state index contributed by atoms with van der Waals surface area (Å²) < 4.78 is 1.75. The van der Waals surface area contributed by atoms with Crippen molar-refractivity contribution in [1.29, 1.82) is 0 Å². The first-order chi connectivity index (χ1) is 15.0. The third-order valence-electron chi connectivity index (χ3n) is 4.71. The molecule has 31 heavy (non-hydrogen) atoms. The Bertz CT molecular complexity index is 1410. The van der Waals surface area contributed by atoms with E-state index in [0.717, 1.165) is 27.5 Å². The van der Waals surface area contributed by atoms with Gasteiger partial charge < -0.3 is 5.32 Å². The summed E-state index contributed by atoms with van der Waals surface area (Å²) in [6.07, 6.45) is 0. The van der Waals surface area contributed by atoms with Crippen LogP contribution in [0.25, 0.3) is 27.5 Å². The molecule has 0 fully saturated rings. The van der Waals surface area contributed by atoms with Crippen molar-refractivity contribution < 1.29 is 0 Å². The third kappa shape index (κ3) is 3.99. The number of anilines is 2. The summed E-state index contributed by atoms with van der Waals surface area (Å²) in [6.45, 7) is 3.92. The number of thiazole rings is 1. The topological polar surface area (TPSA) is 68.0 Å². The summed E-state index contributed by atoms with van der Waals surface area (Å²) in [5.41, 5.74) is 4.69. The highest BCUT2D eigenvalue weighted by Crippen LogP contribution is 2.33. The minimum atomic E-state index is 0.444. The fraction of sp³-hybridized carbons (Fsp3) is 0.0909. The lowest BCUT2D eigenvalue weighted by atomic mass is 10.1. The average Bonchev–Trinajstić information content (AvgIpc) is 3.30. The number of nitrogens with one attached hydrogen (secondary N) is 1. The van der Waals surface area contributed by atoms with E-state index < -0.39 is 0 Å². The molecule has 154 valence electrons. The number of fused-ring (bicyclic) bond motifs is 1. The Labute approximate surface area is 192 Å². The number of halogens is 2. The summed E-state index contributed by atoms with van der Waals surface area (Å²) in [6, 6.07) is 15.5. The van der Waals surface area contributed by atoms with Crippen molar-refractivity contribution in [1.82, 2.24) is 24.6 Å². The van der Waals surface area contributed by atoms with Crippen LogP contribution in [0.2, 0.25) is 10.0 Å². The van der Waals surface area contributed by atoms with E-state index in [-0.39, 0.29) is 0 Å². The Morgan fingerprint density at radius 2 is 1.74 bits per heavy atom. The second kappa shape index (κ2) is 7.92. The lowest BCUT2D eigenvalue weighted by molar-refractivity contribution is 0.983. The minimum absolute atomic E-state index is 0.444. The van der Waals surface area contributed by atoms with Gasteiger partial charge in [-0.25, -0.2) is 14.5 Å². The van der Waals surface area contributed by atoms with E-state index in [1.807, 2.05) is 36.6 Å². The van der Waals surface area contributed by atoms with Gasteiger partial charge >= 0.3 is 0 Å². The van der Waals surface area contributed by atoms with Gasteiger partial charge in [-0.3, -0.25) is 0 Å². The standard InChI is InChI=1S/C22H16Cl2N6S/c1-12-3-5-14(6-4-12)18-10-20(26-13(2)25-18)27-21-28-22-30(29-21)19(11-31-22)16-9-15(23)7-8-17(16)24/h3-11H,1-2H3,(H,25,26,27,29). The zero-order valence-electron chi connectivity index (χ0n) is 16.6. The van der Waals surface area contributed by atoms with Gasteiger partial charge in [-0.1, -0.05) is 53.0 Å². The summed E-state index contributed by atoms with van der Waals surface area (Å²) in [4.78, 5) is 14.4. The number of nitrogens with zero attached hydrogens (tertiary/aromatic N) is 5. The van der Waals surface area contributed by atoms with E-state index in [1.165, 1.54) is 16.9 Å². The molecule has 0 atom stereocenters. The molecule has 0 amide bonds. The zero-order chi connectivity index (χ0) is 21.5. The van der Waals surface area contributed by atoms with E-state index in [0.29, 0.717) is 27.6 Å². The quantitative estimate of drug-likeness (QED) is 0.323. The van der Waals surface area contributed by atoms with Crippen LogP contribution in [0, 0.1) is 13.8 Å². The molecule has 3 heterocycles. The molecule has 9 heteroatoms. The van der Waals surface area contributed by atoms with Crippen molar-refractivity contribution in [2.75, 3.05) is 5.32 Å². The van der Waals surface area contributed by atoms with Gasteiger partial charge in [0.1, 0.15) is 11.6 Å². The van der Waals surface area contributed by atoms with Gasteiger partial charge in [0.2, 0.25) is 10.9 Å². The molecule has 0 aliphatic rings. The van der Waals surface area contributed by atoms with E-state index in [4.69, 9.17) is 23.2 Å². The summed E-state index contributed by atoms with van der Waals surface area (Å²) in [5.74, 6) is 1.73. The average molecular weight is 467 g/mol. The van der Waals surface area contributed by atoms with Crippen LogP contribution in [-0.2, 0) is 0 Å².